The van der Waals surface area contributed by atoms with Crippen LogP contribution in [0.2, 0.25) is 0 Å². The van der Waals surface area contributed by atoms with Crippen LogP contribution >= 0.6 is 0 Å². The number of rotatable bonds is 6. The quantitative estimate of drug-likeness (QED) is 0.543. The van der Waals surface area contributed by atoms with Gasteiger partial charge in [-0.25, -0.2) is 4.79 Å². The average Bonchev–Trinajstić information content (AvgIpc) is 3.44. The van der Waals surface area contributed by atoms with E-state index in [-0.39, 0.29) is 18.3 Å². The molecule has 206 valence electrons. The number of carbonyl (C=O) groups is 2. The molecule has 0 aromatic heterocycles. The number of allylic oxidation sites excluding steroid dienone is 1. The van der Waals surface area contributed by atoms with Gasteiger partial charge in [0.15, 0.2) is 0 Å². The number of nitrogens with zero attached hydrogens (tertiary/aromatic N) is 1. The molecule has 0 bridgehead atoms. The molecule has 8 nitrogen and oxygen atoms in total. The van der Waals surface area contributed by atoms with Crippen molar-refractivity contribution in [2.45, 2.75) is 78.9 Å². The van der Waals surface area contributed by atoms with E-state index >= 15 is 0 Å². The van der Waals surface area contributed by atoms with Crippen molar-refractivity contribution in [3.05, 3.63) is 48.7 Å². The number of benzene rings is 1. The molecule has 0 spiro atoms. The number of likely N-dealkylation sites (tertiary alicyclic amines) is 1. The molecule has 2 fully saturated rings. The van der Waals surface area contributed by atoms with Crippen molar-refractivity contribution in [1.29, 1.82) is 0 Å². The van der Waals surface area contributed by atoms with Gasteiger partial charge in [-0.3, -0.25) is 4.79 Å². The fraction of sp³-hybridized carbons (Fsp3) is 0.571. The lowest BCUT2D eigenvalue weighted by molar-refractivity contribution is -0.130. The molecule has 1 aromatic carbocycles. The van der Waals surface area contributed by atoms with Gasteiger partial charge in [0.25, 0.3) is 0 Å². The molecule has 0 saturated carbocycles. The Morgan fingerprint density at radius 2 is 1.62 bits per heavy atom. The van der Waals surface area contributed by atoms with Crippen molar-refractivity contribution in [3.8, 4) is 0 Å². The highest BCUT2D eigenvalue weighted by atomic mass is 16.7. The first-order valence-corrected chi connectivity index (χ1v) is 12.9. The summed E-state index contributed by atoms with van der Waals surface area (Å²) < 4.78 is 16.0. The lowest BCUT2D eigenvalue weighted by Gasteiger charge is -2.32. The molecule has 2 saturated heterocycles. The summed E-state index contributed by atoms with van der Waals surface area (Å²) in [6.07, 6.45) is 6.07. The van der Waals surface area contributed by atoms with Crippen LogP contribution in [0, 0.1) is 5.92 Å². The third-order valence-corrected chi connectivity index (χ3v) is 6.54. The van der Waals surface area contributed by atoms with Crippen LogP contribution in [0.15, 0.2) is 43.1 Å². The van der Waals surface area contributed by atoms with Crippen LogP contribution in [0.25, 0.3) is 5.70 Å². The topological polar surface area (TPSA) is 103 Å². The van der Waals surface area contributed by atoms with Gasteiger partial charge in [0, 0.05) is 25.2 Å². The molecule has 0 atom stereocenters. The zero-order valence-electron chi connectivity index (χ0n) is 23.9. The fourth-order valence-corrected chi connectivity index (χ4v) is 3.69. The van der Waals surface area contributed by atoms with E-state index in [2.05, 4.69) is 76.0 Å². The Labute approximate surface area is 223 Å². The third-order valence-electron chi connectivity index (χ3n) is 6.54. The number of primary amides is 1. The predicted molar refractivity (Wildman–Crippen MR) is 151 cm³/mol. The summed E-state index contributed by atoms with van der Waals surface area (Å²) in [5, 5.41) is 3.13. The summed E-state index contributed by atoms with van der Waals surface area (Å²) in [5.41, 5.74) is 6.99. The summed E-state index contributed by atoms with van der Waals surface area (Å²) in [5.74, 6) is 0.848. The Bertz CT molecular complexity index is 891. The SMILES string of the molecule is C=CN/C(=C\C)c1ccc(B2OC(C)(C)C(C)(C)O2)cc1.CC(C)CC(=O)N1CCCC1.COC(N)=O. The van der Waals surface area contributed by atoms with Gasteiger partial charge in [0.05, 0.1) is 18.3 Å². The minimum absolute atomic E-state index is 0.310. The molecule has 37 heavy (non-hydrogen) atoms. The molecule has 1 aromatic rings. The first-order chi connectivity index (χ1) is 17.3. The summed E-state index contributed by atoms with van der Waals surface area (Å²) in [6, 6.07) is 8.22. The molecule has 2 aliphatic heterocycles. The van der Waals surface area contributed by atoms with E-state index in [0.29, 0.717) is 11.8 Å². The van der Waals surface area contributed by atoms with Crippen molar-refractivity contribution in [2.75, 3.05) is 20.2 Å². The number of nitrogens with one attached hydrogen (secondary N) is 1. The van der Waals surface area contributed by atoms with Crippen LogP contribution in [-0.4, -0.2) is 55.4 Å². The van der Waals surface area contributed by atoms with E-state index in [1.165, 1.54) is 20.0 Å². The largest absolute Gasteiger partial charge is 0.494 e. The van der Waals surface area contributed by atoms with Gasteiger partial charge in [-0.05, 0) is 70.6 Å². The second-order valence-electron chi connectivity index (χ2n) is 10.5. The highest BCUT2D eigenvalue weighted by Crippen LogP contribution is 2.36. The average molecular weight is 516 g/mol. The van der Waals surface area contributed by atoms with E-state index in [9.17, 15) is 9.59 Å². The van der Waals surface area contributed by atoms with Crippen molar-refractivity contribution in [2.24, 2.45) is 11.7 Å². The highest BCUT2D eigenvalue weighted by Gasteiger charge is 2.51. The van der Waals surface area contributed by atoms with Gasteiger partial charge in [0.2, 0.25) is 5.91 Å². The van der Waals surface area contributed by atoms with Gasteiger partial charge >= 0.3 is 13.2 Å². The lowest BCUT2D eigenvalue weighted by atomic mass is 9.79. The van der Waals surface area contributed by atoms with Crippen molar-refractivity contribution in [1.82, 2.24) is 10.2 Å². The van der Waals surface area contributed by atoms with Crippen LogP contribution in [0.1, 0.15) is 73.3 Å². The number of hydrogen-bond acceptors (Lipinski definition) is 6. The second-order valence-corrected chi connectivity index (χ2v) is 10.5. The number of amides is 2. The monoisotopic (exact) mass is 515 g/mol. The molecule has 3 N–H and O–H groups in total. The van der Waals surface area contributed by atoms with Gasteiger partial charge in [0.1, 0.15) is 0 Å². The predicted octanol–water partition coefficient (Wildman–Crippen LogP) is 4.45. The van der Waals surface area contributed by atoms with Gasteiger partial charge in [-0.15, -0.1) is 0 Å². The lowest BCUT2D eigenvalue weighted by Crippen LogP contribution is -2.41. The summed E-state index contributed by atoms with van der Waals surface area (Å²) in [6.45, 7) is 20.1. The van der Waals surface area contributed by atoms with Gasteiger partial charge in [-0.2, -0.15) is 0 Å². The van der Waals surface area contributed by atoms with Crippen LogP contribution in [0.5, 0.6) is 0 Å². The Kier molecular flexibility index (Phi) is 12.9. The number of hydrogen-bond donors (Lipinski definition) is 2. The fourth-order valence-electron chi connectivity index (χ4n) is 3.69. The zero-order chi connectivity index (χ0) is 28.2. The molecule has 2 aliphatic rings. The van der Waals surface area contributed by atoms with E-state index < -0.39 is 6.09 Å². The van der Waals surface area contributed by atoms with Crippen molar-refractivity contribution in [3.63, 3.8) is 0 Å². The zero-order valence-corrected chi connectivity index (χ0v) is 23.9. The maximum absolute atomic E-state index is 11.4. The van der Waals surface area contributed by atoms with E-state index in [0.717, 1.165) is 36.2 Å². The molecule has 0 unspecified atom stereocenters. The summed E-state index contributed by atoms with van der Waals surface area (Å²) in [4.78, 5) is 22.7. The van der Waals surface area contributed by atoms with Crippen LogP contribution in [0.3, 0.4) is 0 Å². The molecule has 0 radical (unpaired) electrons. The van der Waals surface area contributed by atoms with Crippen molar-refractivity contribution >= 4 is 30.3 Å². The van der Waals surface area contributed by atoms with E-state index in [1.54, 1.807) is 6.20 Å². The molecule has 0 aliphatic carbocycles. The number of methoxy groups -OCH3 is 1. The molecule has 3 rings (SSSR count). The van der Waals surface area contributed by atoms with Crippen LogP contribution in [-0.2, 0) is 18.8 Å². The molecular weight excluding hydrogens is 469 g/mol. The van der Waals surface area contributed by atoms with E-state index in [1.807, 2.05) is 30.0 Å². The highest BCUT2D eigenvalue weighted by molar-refractivity contribution is 6.62. The minimum atomic E-state index is -0.745. The first-order valence-electron chi connectivity index (χ1n) is 12.9. The minimum Gasteiger partial charge on any atom is -0.453 e. The third kappa shape index (κ3) is 10.2. The number of ether oxygens (including phenoxy) is 1. The molecule has 2 amide bonds. The Balaban J connectivity index is 0.000000356. The maximum atomic E-state index is 11.4. The maximum Gasteiger partial charge on any atom is 0.494 e. The normalized spacial score (nSPS) is 17.8. The summed E-state index contributed by atoms with van der Waals surface area (Å²) >= 11 is 0. The second kappa shape index (κ2) is 14.8. The molecule has 2 heterocycles. The Morgan fingerprint density at radius 1 is 1.14 bits per heavy atom. The molecular formula is C28H46BN3O5. The summed E-state index contributed by atoms with van der Waals surface area (Å²) in [7, 11) is 0.910. The number of carbonyl (C=O) groups excluding carboxylic acids is 2. The van der Waals surface area contributed by atoms with Gasteiger partial charge in [-0.1, -0.05) is 50.8 Å². The Morgan fingerprint density at radius 3 is 2.00 bits per heavy atom. The van der Waals surface area contributed by atoms with Crippen molar-refractivity contribution < 1.29 is 23.6 Å². The number of nitrogens with two attached hydrogens (primary N) is 1. The molecule has 9 heteroatoms. The Hall–Kier alpha value is -2.78. The first kappa shape index (κ1) is 32.3. The standard InChI is InChI=1S/C17H24BNO2.C9H17NO.C2H5NO2/c1-7-15(19-8-2)13-9-11-14(12-10-13)18-20-16(3,4)17(5,6)21-18;1-8(2)7-9(11)10-5-3-4-6-10;1-5-2(3)4/h7-12,19H,2H2,1,3-6H3;8H,3-7H2,1-2H3;1H3,(H2,3,4)/b15-7-;;. The van der Waals surface area contributed by atoms with Gasteiger partial charge < -0.3 is 30.0 Å². The smallest absolute Gasteiger partial charge is 0.453 e. The van der Waals surface area contributed by atoms with Crippen LogP contribution in [0.4, 0.5) is 4.79 Å². The van der Waals surface area contributed by atoms with E-state index in [4.69, 9.17) is 9.31 Å². The van der Waals surface area contributed by atoms with Crippen LogP contribution < -0.4 is 16.5 Å².